The van der Waals surface area contributed by atoms with Gasteiger partial charge in [-0.05, 0) is 19.1 Å². The molecule has 2 aromatic carbocycles. The Morgan fingerprint density at radius 3 is 2.54 bits per heavy atom. The summed E-state index contributed by atoms with van der Waals surface area (Å²) in [6.07, 6.45) is 0. The Bertz CT molecular complexity index is 953. The van der Waals surface area contributed by atoms with Gasteiger partial charge in [0.15, 0.2) is 0 Å². The van der Waals surface area contributed by atoms with Crippen LogP contribution >= 0.6 is 11.6 Å². The number of rotatable bonds is 5. The van der Waals surface area contributed by atoms with Gasteiger partial charge in [0.1, 0.15) is 4.90 Å². The van der Waals surface area contributed by atoms with Crippen molar-refractivity contribution >= 4 is 21.6 Å². The van der Waals surface area contributed by atoms with Crippen molar-refractivity contribution in [1.82, 2.24) is 14.9 Å². The topological polar surface area (TPSA) is 85.1 Å². The van der Waals surface area contributed by atoms with E-state index in [0.29, 0.717) is 5.82 Å². The van der Waals surface area contributed by atoms with Crippen molar-refractivity contribution in [2.45, 2.75) is 18.4 Å². The molecule has 124 valence electrons. The van der Waals surface area contributed by atoms with Crippen LogP contribution in [0.25, 0.3) is 11.4 Å². The summed E-state index contributed by atoms with van der Waals surface area (Å²) in [4.78, 5) is 4.20. The number of aromatic nitrogens is 2. The summed E-state index contributed by atoms with van der Waals surface area (Å²) in [5, 5.41) is 4.01. The van der Waals surface area contributed by atoms with Crippen molar-refractivity contribution in [3.05, 3.63) is 65.0 Å². The Labute approximate surface area is 144 Å². The van der Waals surface area contributed by atoms with Crippen LogP contribution in [0, 0.1) is 6.92 Å². The number of aryl methyl sites for hydroxylation is 1. The van der Waals surface area contributed by atoms with Gasteiger partial charge in [0.25, 0.3) is 0 Å². The number of sulfonamides is 1. The van der Waals surface area contributed by atoms with Gasteiger partial charge in [-0.25, -0.2) is 13.1 Å². The largest absolute Gasteiger partial charge is 0.338 e. The number of nitrogens with one attached hydrogen (secondary N) is 1. The highest BCUT2D eigenvalue weighted by atomic mass is 35.5. The van der Waals surface area contributed by atoms with Gasteiger partial charge < -0.3 is 4.52 Å². The first-order valence-electron chi connectivity index (χ1n) is 7.09. The van der Waals surface area contributed by atoms with Crippen LogP contribution in [0.15, 0.2) is 57.9 Å². The molecule has 0 atom stereocenters. The molecule has 0 unspecified atom stereocenters. The molecule has 1 aromatic heterocycles. The maximum atomic E-state index is 12.3. The summed E-state index contributed by atoms with van der Waals surface area (Å²) in [7, 11) is -3.76. The van der Waals surface area contributed by atoms with E-state index in [4.69, 9.17) is 16.1 Å². The second-order valence-electron chi connectivity index (χ2n) is 5.13. The van der Waals surface area contributed by atoms with Crippen molar-refractivity contribution < 1.29 is 12.9 Å². The van der Waals surface area contributed by atoms with Crippen molar-refractivity contribution in [3.8, 4) is 11.4 Å². The van der Waals surface area contributed by atoms with Gasteiger partial charge in [-0.15, -0.1) is 0 Å². The molecule has 0 saturated heterocycles. The van der Waals surface area contributed by atoms with Crippen LogP contribution in [-0.4, -0.2) is 18.6 Å². The highest BCUT2D eigenvalue weighted by Gasteiger charge is 2.18. The predicted octanol–water partition coefficient (Wildman–Crippen LogP) is 3.18. The Balaban J connectivity index is 1.74. The first-order chi connectivity index (χ1) is 11.5. The van der Waals surface area contributed by atoms with E-state index in [9.17, 15) is 8.42 Å². The molecular weight excluding hydrogens is 350 g/mol. The normalized spacial score (nSPS) is 11.6. The van der Waals surface area contributed by atoms with E-state index in [1.807, 2.05) is 31.2 Å². The molecule has 0 saturated carbocycles. The Hall–Kier alpha value is -2.22. The van der Waals surface area contributed by atoms with Crippen LogP contribution in [0.1, 0.15) is 11.5 Å². The van der Waals surface area contributed by atoms with Gasteiger partial charge in [0.05, 0.1) is 11.6 Å². The third-order valence-electron chi connectivity index (χ3n) is 3.32. The van der Waals surface area contributed by atoms with Gasteiger partial charge in [-0.1, -0.05) is 58.7 Å². The third-order valence-corrected chi connectivity index (χ3v) is 5.22. The number of halogens is 1. The zero-order valence-electron chi connectivity index (χ0n) is 12.7. The van der Waals surface area contributed by atoms with Crippen molar-refractivity contribution in [2.24, 2.45) is 0 Å². The van der Waals surface area contributed by atoms with E-state index in [0.717, 1.165) is 11.1 Å². The van der Waals surface area contributed by atoms with E-state index in [-0.39, 0.29) is 22.4 Å². The molecule has 0 aliphatic heterocycles. The molecule has 3 rings (SSSR count). The van der Waals surface area contributed by atoms with E-state index < -0.39 is 10.0 Å². The molecule has 0 spiro atoms. The van der Waals surface area contributed by atoms with Crippen LogP contribution in [0.5, 0.6) is 0 Å². The van der Waals surface area contributed by atoms with Gasteiger partial charge in [0, 0.05) is 5.56 Å². The van der Waals surface area contributed by atoms with E-state index in [1.165, 1.54) is 12.1 Å². The molecule has 6 nitrogen and oxygen atoms in total. The standard InChI is InChI=1S/C16H14ClN3O3S/c1-11-6-8-12(9-7-11)16-19-15(23-20-16)10-18-24(21,22)14-5-3-2-4-13(14)17/h2-9,18H,10H2,1H3. The molecule has 1 N–H and O–H groups in total. The van der Waals surface area contributed by atoms with Crippen LogP contribution in [-0.2, 0) is 16.6 Å². The molecular formula is C16H14ClN3O3S. The third kappa shape index (κ3) is 3.64. The maximum Gasteiger partial charge on any atom is 0.242 e. The first-order valence-corrected chi connectivity index (χ1v) is 8.96. The van der Waals surface area contributed by atoms with Crippen molar-refractivity contribution in [3.63, 3.8) is 0 Å². The minimum Gasteiger partial charge on any atom is -0.338 e. The summed E-state index contributed by atoms with van der Waals surface area (Å²) in [5.41, 5.74) is 1.92. The summed E-state index contributed by atoms with van der Waals surface area (Å²) in [6, 6.07) is 13.8. The highest BCUT2D eigenvalue weighted by molar-refractivity contribution is 7.89. The lowest BCUT2D eigenvalue weighted by atomic mass is 10.1. The van der Waals surface area contributed by atoms with E-state index >= 15 is 0 Å². The molecule has 0 fully saturated rings. The fourth-order valence-corrected chi connectivity index (χ4v) is 3.54. The summed E-state index contributed by atoms with van der Waals surface area (Å²) in [5.74, 6) is 0.572. The van der Waals surface area contributed by atoms with Gasteiger partial charge in [-0.2, -0.15) is 4.98 Å². The molecule has 0 radical (unpaired) electrons. The summed E-state index contributed by atoms with van der Waals surface area (Å²) in [6.45, 7) is 1.86. The SMILES string of the molecule is Cc1ccc(-c2noc(CNS(=O)(=O)c3ccccc3Cl)n2)cc1. The zero-order valence-corrected chi connectivity index (χ0v) is 14.3. The molecule has 0 aliphatic carbocycles. The lowest BCUT2D eigenvalue weighted by Gasteiger charge is -2.05. The minimum absolute atomic E-state index is 0.00457. The monoisotopic (exact) mass is 363 g/mol. The summed E-state index contributed by atoms with van der Waals surface area (Å²) >= 11 is 5.92. The van der Waals surface area contributed by atoms with Gasteiger partial charge in [0.2, 0.25) is 21.7 Å². The second-order valence-corrected chi connectivity index (χ2v) is 7.28. The van der Waals surface area contributed by atoms with Crippen molar-refractivity contribution in [1.29, 1.82) is 0 Å². The first kappa shape index (κ1) is 16.6. The lowest BCUT2D eigenvalue weighted by molar-refractivity contribution is 0.376. The van der Waals surface area contributed by atoms with Crippen LogP contribution in [0.2, 0.25) is 5.02 Å². The number of benzene rings is 2. The Kier molecular flexibility index (Phi) is 4.66. The van der Waals surface area contributed by atoms with Crippen LogP contribution in [0.3, 0.4) is 0 Å². The average molecular weight is 364 g/mol. The van der Waals surface area contributed by atoms with Gasteiger partial charge in [-0.3, -0.25) is 0 Å². The predicted molar refractivity (Wildman–Crippen MR) is 89.9 cm³/mol. The Morgan fingerprint density at radius 2 is 1.83 bits per heavy atom. The quantitative estimate of drug-likeness (QED) is 0.752. The van der Waals surface area contributed by atoms with Crippen molar-refractivity contribution in [2.75, 3.05) is 0 Å². The highest BCUT2D eigenvalue weighted by Crippen LogP contribution is 2.21. The number of hydrogen-bond donors (Lipinski definition) is 1. The molecule has 24 heavy (non-hydrogen) atoms. The zero-order chi connectivity index (χ0) is 17.2. The molecule has 1 heterocycles. The van der Waals surface area contributed by atoms with Gasteiger partial charge >= 0.3 is 0 Å². The Morgan fingerprint density at radius 1 is 1.12 bits per heavy atom. The average Bonchev–Trinajstić information content (AvgIpc) is 3.03. The minimum atomic E-state index is -3.76. The van der Waals surface area contributed by atoms with E-state index in [2.05, 4.69) is 14.9 Å². The number of hydrogen-bond acceptors (Lipinski definition) is 5. The molecule has 0 aliphatic rings. The lowest BCUT2D eigenvalue weighted by Crippen LogP contribution is -2.23. The molecule has 0 bridgehead atoms. The molecule has 8 heteroatoms. The molecule has 0 amide bonds. The fraction of sp³-hybridized carbons (Fsp3) is 0.125. The second kappa shape index (κ2) is 6.72. The van der Waals surface area contributed by atoms with E-state index in [1.54, 1.807) is 12.1 Å². The smallest absolute Gasteiger partial charge is 0.242 e. The van der Waals surface area contributed by atoms with Crippen LogP contribution in [0.4, 0.5) is 0 Å². The number of nitrogens with zero attached hydrogens (tertiary/aromatic N) is 2. The maximum absolute atomic E-state index is 12.3. The van der Waals surface area contributed by atoms with Crippen LogP contribution < -0.4 is 4.72 Å². The molecule has 3 aromatic rings. The fourth-order valence-electron chi connectivity index (χ4n) is 2.04. The summed E-state index contributed by atoms with van der Waals surface area (Å²) < 4.78 is 32.0.